The quantitative estimate of drug-likeness (QED) is 0.762. The van der Waals surface area contributed by atoms with E-state index >= 15 is 0 Å². The summed E-state index contributed by atoms with van der Waals surface area (Å²) >= 11 is 0. The van der Waals surface area contributed by atoms with Crippen LogP contribution in [-0.4, -0.2) is 11.5 Å². The maximum atomic E-state index is 4.44. The molecule has 0 saturated carbocycles. The second-order valence-corrected chi connectivity index (χ2v) is 5.05. The summed E-state index contributed by atoms with van der Waals surface area (Å²) in [7, 11) is 0. The summed E-state index contributed by atoms with van der Waals surface area (Å²) in [5.74, 6) is 0.968. The summed E-state index contributed by atoms with van der Waals surface area (Å²) < 4.78 is 0. The van der Waals surface area contributed by atoms with E-state index in [4.69, 9.17) is 0 Å². The normalized spacial score (nSPS) is 10.7. The van der Waals surface area contributed by atoms with Crippen molar-refractivity contribution in [3.05, 3.63) is 71.9 Å². The van der Waals surface area contributed by atoms with Crippen molar-refractivity contribution in [1.29, 1.82) is 0 Å². The molecular formula is C18H18N2. The summed E-state index contributed by atoms with van der Waals surface area (Å²) in [5.41, 5.74) is 2.67. The van der Waals surface area contributed by atoms with Gasteiger partial charge < -0.3 is 5.32 Å². The van der Waals surface area contributed by atoms with E-state index in [2.05, 4.69) is 65.8 Å². The van der Waals surface area contributed by atoms with Crippen LogP contribution < -0.4 is 5.32 Å². The van der Waals surface area contributed by atoms with Gasteiger partial charge in [0.15, 0.2) is 0 Å². The zero-order valence-corrected chi connectivity index (χ0v) is 11.6. The van der Waals surface area contributed by atoms with Gasteiger partial charge in [0, 0.05) is 18.1 Å². The van der Waals surface area contributed by atoms with E-state index < -0.39 is 0 Å². The lowest BCUT2D eigenvalue weighted by Gasteiger charge is -2.09. The fourth-order valence-electron chi connectivity index (χ4n) is 2.45. The van der Waals surface area contributed by atoms with Crippen molar-refractivity contribution >= 4 is 16.6 Å². The largest absolute Gasteiger partial charge is 0.369 e. The first-order valence-corrected chi connectivity index (χ1v) is 6.96. The third-order valence-electron chi connectivity index (χ3n) is 3.46. The minimum absolute atomic E-state index is 0.893. The maximum absolute atomic E-state index is 4.44. The Hall–Kier alpha value is -2.35. The van der Waals surface area contributed by atoms with Gasteiger partial charge in [-0.15, -0.1) is 0 Å². The zero-order valence-electron chi connectivity index (χ0n) is 11.6. The molecular weight excluding hydrogens is 244 g/mol. The standard InChI is InChI=1S/C18H18N2/c1-14-5-4-6-15(13-14)9-11-19-18-17-8-3-2-7-16(17)10-12-20-18/h2-8,10,12-13H,9,11H2,1H3,(H,19,20). The number of nitrogens with zero attached hydrogens (tertiary/aromatic N) is 1. The minimum atomic E-state index is 0.893. The number of nitrogens with one attached hydrogen (secondary N) is 1. The summed E-state index contributed by atoms with van der Waals surface area (Å²) in [6.07, 6.45) is 2.86. The highest BCUT2D eigenvalue weighted by Gasteiger charge is 2.01. The summed E-state index contributed by atoms with van der Waals surface area (Å²) in [6, 6.07) is 19.0. The summed E-state index contributed by atoms with van der Waals surface area (Å²) in [4.78, 5) is 4.44. The fourth-order valence-corrected chi connectivity index (χ4v) is 2.45. The van der Waals surface area contributed by atoms with Crippen molar-refractivity contribution in [2.45, 2.75) is 13.3 Å². The first-order valence-electron chi connectivity index (χ1n) is 6.96. The molecule has 1 N–H and O–H groups in total. The predicted octanol–water partition coefficient (Wildman–Crippen LogP) is 4.20. The van der Waals surface area contributed by atoms with Gasteiger partial charge >= 0.3 is 0 Å². The molecule has 2 heteroatoms. The molecule has 0 aliphatic carbocycles. The highest BCUT2D eigenvalue weighted by Crippen LogP contribution is 2.20. The van der Waals surface area contributed by atoms with E-state index in [0.717, 1.165) is 18.8 Å². The Labute approximate surface area is 119 Å². The van der Waals surface area contributed by atoms with E-state index in [9.17, 15) is 0 Å². The van der Waals surface area contributed by atoms with Gasteiger partial charge in [0.25, 0.3) is 0 Å². The van der Waals surface area contributed by atoms with E-state index in [1.165, 1.54) is 21.9 Å². The molecule has 0 aliphatic heterocycles. The number of hydrogen-bond donors (Lipinski definition) is 1. The molecule has 2 nitrogen and oxygen atoms in total. The molecule has 3 rings (SSSR count). The molecule has 0 atom stereocenters. The second kappa shape index (κ2) is 5.74. The Morgan fingerprint density at radius 2 is 1.90 bits per heavy atom. The van der Waals surface area contributed by atoms with Gasteiger partial charge in [0.2, 0.25) is 0 Å². The van der Waals surface area contributed by atoms with Crippen LogP contribution in [0.25, 0.3) is 10.8 Å². The van der Waals surface area contributed by atoms with Crippen LogP contribution in [0.2, 0.25) is 0 Å². The molecule has 100 valence electrons. The van der Waals surface area contributed by atoms with Crippen molar-refractivity contribution in [3.8, 4) is 0 Å². The van der Waals surface area contributed by atoms with Gasteiger partial charge in [0.05, 0.1) is 0 Å². The second-order valence-electron chi connectivity index (χ2n) is 5.05. The average Bonchev–Trinajstić information content (AvgIpc) is 2.48. The van der Waals surface area contributed by atoms with Gasteiger partial charge in [0.1, 0.15) is 5.82 Å². The molecule has 3 aromatic rings. The van der Waals surface area contributed by atoms with Gasteiger partial charge in [-0.1, -0.05) is 54.1 Å². The van der Waals surface area contributed by atoms with Crippen molar-refractivity contribution in [2.24, 2.45) is 0 Å². The van der Waals surface area contributed by atoms with Crippen LogP contribution in [0.5, 0.6) is 0 Å². The highest BCUT2D eigenvalue weighted by atomic mass is 15.0. The maximum Gasteiger partial charge on any atom is 0.133 e. The monoisotopic (exact) mass is 262 g/mol. The molecule has 1 heterocycles. The van der Waals surface area contributed by atoms with Gasteiger partial charge in [-0.3, -0.25) is 0 Å². The molecule has 0 amide bonds. The fraction of sp³-hybridized carbons (Fsp3) is 0.167. The van der Waals surface area contributed by atoms with Gasteiger partial charge in [-0.2, -0.15) is 0 Å². The Morgan fingerprint density at radius 1 is 1.00 bits per heavy atom. The Bertz CT molecular complexity index is 714. The van der Waals surface area contributed by atoms with Crippen molar-refractivity contribution in [2.75, 3.05) is 11.9 Å². The summed E-state index contributed by atoms with van der Waals surface area (Å²) in [6.45, 7) is 3.02. The number of rotatable bonds is 4. The van der Waals surface area contributed by atoms with Crippen molar-refractivity contribution in [1.82, 2.24) is 4.98 Å². The van der Waals surface area contributed by atoms with Crippen LogP contribution in [0.1, 0.15) is 11.1 Å². The molecule has 20 heavy (non-hydrogen) atoms. The summed E-state index contributed by atoms with van der Waals surface area (Å²) in [5, 5.41) is 5.85. The lowest BCUT2D eigenvalue weighted by molar-refractivity contribution is 1.01. The SMILES string of the molecule is Cc1cccc(CCNc2nccc3ccccc23)c1. The topological polar surface area (TPSA) is 24.9 Å². The first-order chi connectivity index (χ1) is 9.83. The number of aryl methyl sites for hydroxylation is 1. The molecule has 0 saturated heterocycles. The van der Waals surface area contributed by atoms with Crippen LogP contribution in [0.4, 0.5) is 5.82 Å². The molecule has 0 bridgehead atoms. The van der Waals surface area contributed by atoms with Gasteiger partial charge in [-0.25, -0.2) is 4.98 Å². The Balaban J connectivity index is 1.71. The number of pyridine rings is 1. The molecule has 0 spiro atoms. The van der Waals surface area contributed by atoms with Crippen LogP contribution >= 0.6 is 0 Å². The number of fused-ring (bicyclic) bond motifs is 1. The van der Waals surface area contributed by atoms with Gasteiger partial charge in [-0.05, 0) is 30.4 Å². The lowest BCUT2D eigenvalue weighted by Crippen LogP contribution is -2.06. The third kappa shape index (κ3) is 2.80. The lowest BCUT2D eigenvalue weighted by atomic mass is 10.1. The molecule has 0 unspecified atom stereocenters. The zero-order chi connectivity index (χ0) is 13.8. The minimum Gasteiger partial charge on any atom is -0.369 e. The van der Waals surface area contributed by atoms with Crippen LogP contribution in [0, 0.1) is 6.92 Å². The van der Waals surface area contributed by atoms with E-state index in [1.807, 2.05) is 12.3 Å². The van der Waals surface area contributed by atoms with E-state index in [1.54, 1.807) is 0 Å². The van der Waals surface area contributed by atoms with Crippen LogP contribution in [-0.2, 0) is 6.42 Å². The van der Waals surface area contributed by atoms with Crippen molar-refractivity contribution in [3.63, 3.8) is 0 Å². The smallest absolute Gasteiger partial charge is 0.133 e. The first kappa shape index (κ1) is 12.7. The van der Waals surface area contributed by atoms with E-state index in [-0.39, 0.29) is 0 Å². The Morgan fingerprint density at radius 3 is 2.80 bits per heavy atom. The average molecular weight is 262 g/mol. The predicted molar refractivity (Wildman–Crippen MR) is 85.1 cm³/mol. The third-order valence-corrected chi connectivity index (χ3v) is 3.46. The highest BCUT2D eigenvalue weighted by molar-refractivity contribution is 5.91. The Kier molecular flexibility index (Phi) is 3.64. The number of anilines is 1. The molecule has 2 aromatic carbocycles. The number of benzene rings is 2. The van der Waals surface area contributed by atoms with Crippen molar-refractivity contribution < 1.29 is 0 Å². The molecule has 1 aromatic heterocycles. The van der Waals surface area contributed by atoms with Crippen LogP contribution in [0.15, 0.2) is 60.8 Å². The number of hydrogen-bond acceptors (Lipinski definition) is 2. The molecule has 0 radical (unpaired) electrons. The molecule has 0 fully saturated rings. The van der Waals surface area contributed by atoms with E-state index in [0.29, 0.717) is 0 Å². The van der Waals surface area contributed by atoms with Crippen LogP contribution in [0.3, 0.4) is 0 Å². The molecule has 0 aliphatic rings. The number of aromatic nitrogens is 1.